The standard InChI is InChI=1S/C13H13BO2/c1-10-7-8-12(9-13(10)14(15)16)11-5-3-2-4-6-11/h2-9,15-16H,1H3. The van der Waals surface area contributed by atoms with E-state index in [2.05, 4.69) is 0 Å². The summed E-state index contributed by atoms with van der Waals surface area (Å²) in [4.78, 5) is 0. The van der Waals surface area contributed by atoms with Crippen LogP contribution >= 0.6 is 0 Å². The van der Waals surface area contributed by atoms with Crippen LogP contribution in [-0.2, 0) is 0 Å². The summed E-state index contributed by atoms with van der Waals surface area (Å²) in [6.07, 6.45) is 0. The van der Waals surface area contributed by atoms with Crippen LogP contribution in [-0.4, -0.2) is 17.2 Å². The van der Waals surface area contributed by atoms with Crippen molar-refractivity contribution in [2.75, 3.05) is 0 Å². The van der Waals surface area contributed by atoms with Gasteiger partial charge in [-0.15, -0.1) is 0 Å². The van der Waals surface area contributed by atoms with Gasteiger partial charge in [0, 0.05) is 0 Å². The van der Waals surface area contributed by atoms with Crippen molar-refractivity contribution in [1.82, 2.24) is 0 Å². The Morgan fingerprint density at radius 3 is 2.19 bits per heavy atom. The van der Waals surface area contributed by atoms with Crippen LogP contribution in [0, 0.1) is 6.92 Å². The molecule has 0 bridgehead atoms. The van der Waals surface area contributed by atoms with Crippen LogP contribution in [0.1, 0.15) is 5.56 Å². The molecule has 0 fully saturated rings. The number of hydrogen-bond acceptors (Lipinski definition) is 2. The average Bonchev–Trinajstić information content (AvgIpc) is 2.30. The molecule has 3 heteroatoms. The monoisotopic (exact) mass is 212 g/mol. The van der Waals surface area contributed by atoms with Crippen molar-refractivity contribution < 1.29 is 10.0 Å². The van der Waals surface area contributed by atoms with Crippen LogP contribution in [0.15, 0.2) is 48.5 Å². The van der Waals surface area contributed by atoms with E-state index >= 15 is 0 Å². The van der Waals surface area contributed by atoms with Crippen molar-refractivity contribution in [2.24, 2.45) is 0 Å². The number of benzene rings is 2. The lowest BCUT2D eigenvalue weighted by Crippen LogP contribution is -2.32. The molecule has 0 saturated heterocycles. The lowest BCUT2D eigenvalue weighted by atomic mass is 9.76. The maximum atomic E-state index is 9.23. The zero-order valence-electron chi connectivity index (χ0n) is 9.09. The van der Waals surface area contributed by atoms with Gasteiger partial charge in [0.1, 0.15) is 0 Å². The van der Waals surface area contributed by atoms with E-state index < -0.39 is 7.12 Å². The fraction of sp³-hybridized carbons (Fsp3) is 0.0769. The van der Waals surface area contributed by atoms with Gasteiger partial charge in [0.05, 0.1) is 0 Å². The van der Waals surface area contributed by atoms with Gasteiger partial charge in [-0.3, -0.25) is 0 Å². The second-order valence-corrected chi connectivity index (χ2v) is 3.81. The predicted molar refractivity (Wildman–Crippen MR) is 66.4 cm³/mol. The van der Waals surface area contributed by atoms with E-state index in [1.54, 1.807) is 0 Å². The Bertz CT molecular complexity index is 481. The smallest absolute Gasteiger partial charge is 0.423 e. The zero-order chi connectivity index (χ0) is 11.5. The van der Waals surface area contributed by atoms with Crippen molar-refractivity contribution >= 4 is 12.6 Å². The fourth-order valence-corrected chi connectivity index (χ4v) is 1.73. The Balaban J connectivity index is 2.48. The first-order chi connectivity index (χ1) is 7.68. The highest BCUT2D eigenvalue weighted by Crippen LogP contribution is 2.18. The van der Waals surface area contributed by atoms with Gasteiger partial charge in [0.25, 0.3) is 0 Å². The minimum Gasteiger partial charge on any atom is -0.423 e. The Morgan fingerprint density at radius 2 is 1.56 bits per heavy atom. The molecule has 0 amide bonds. The summed E-state index contributed by atoms with van der Waals surface area (Å²) >= 11 is 0. The lowest BCUT2D eigenvalue weighted by Gasteiger charge is -2.08. The Labute approximate surface area is 95.3 Å². The highest BCUT2D eigenvalue weighted by Gasteiger charge is 2.14. The Kier molecular flexibility index (Phi) is 3.08. The molecule has 0 aliphatic carbocycles. The molecule has 0 unspecified atom stereocenters. The van der Waals surface area contributed by atoms with Gasteiger partial charge in [-0.05, 0) is 23.5 Å². The molecule has 0 aliphatic rings. The van der Waals surface area contributed by atoms with E-state index in [0.29, 0.717) is 5.46 Å². The summed E-state index contributed by atoms with van der Waals surface area (Å²) in [7, 11) is -1.41. The van der Waals surface area contributed by atoms with Crippen molar-refractivity contribution in [3.05, 3.63) is 54.1 Å². The largest absolute Gasteiger partial charge is 0.488 e. The molecule has 2 aromatic carbocycles. The highest BCUT2D eigenvalue weighted by molar-refractivity contribution is 6.59. The molecule has 0 radical (unpaired) electrons. The van der Waals surface area contributed by atoms with Crippen molar-refractivity contribution in [2.45, 2.75) is 6.92 Å². The van der Waals surface area contributed by atoms with Gasteiger partial charge >= 0.3 is 7.12 Å². The number of hydrogen-bond donors (Lipinski definition) is 2. The molecular weight excluding hydrogens is 199 g/mol. The van der Waals surface area contributed by atoms with Crippen molar-refractivity contribution in [3.8, 4) is 11.1 Å². The van der Waals surface area contributed by atoms with Crippen LogP contribution < -0.4 is 5.46 Å². The third-order valence-corrected chi connectivity index (χ3v) is 2.66. The van der Waals surface area contributed by atoms with E-state index in [-0.39, 0.29) is 0 Å². The first-order valence-electron chi connectivity index (χ1n) is 5.20. The molecule has 0 atom stereocenters. The first kappa shape index (κ1) is 10.9. The van der Waals surface area contributed by atoms with E-state index in [1.165, 1.54) is 0 Å². The van der Waals surface area contributed by atoms with E-state index in [4.69, 9.17) is 0 Å². The zero-order valence-corrected chi connectivity index (χ0v) is 9.09. The summed E-state index contributed by atoms with van der Waals surface area (Å²) in [6.45, 7) is 1.86. The second-order valence-electron chi connectivity index (χ2n) is 3.81. The predicted octanol–water partition coefficient (Wildman–Crippen LogP) is 1.34. The van der Waals surface area contributed by atoms with Crippen molar-refractivity contribution in [3.63, 3.8) is 0 Å². The molecule has 0 heterocycles. The van der Waals surface area contributed by atoms with Gasteiger partial charge < -0.3 is 10.0 Å². The van der Waals surface area contributed by atoms with Gasteiger partial charge in [0.2, 0.25) is 0 Å². The van der Waals surface area contributed by atoms with Crippen LogP contribution in [0.25, 0.3) is 11.1 Å². The summed E-state index contributed by atoms with van der Waals surface area (Å²) in [5, 5.41) is 18.5. The van der Waals surface area contributed by atoms with Crippen molar-refractivity contribution in [1.29, 1.82) is 0 Å². The van der Waals surface area contributed by atoms with Gasteiger partial charge in [-0.2, -0.15) is 0 Å². The second kappa shape index (κ2) is 4.52. The minimum absolute atomic E-state index is 0.557. The lowest BCUT2D eigenvalue weighted by molar-refractivity contribution is 0.425. The molecule has 0 saturated carbocycles. The van der Waals surface area contributed by atoms with Gasteiger partial charge in [-0.1, -0.05) is 54.1 Å². The summed E-state index contributed by atoms with van der Waals surface area (Å²) in [5.74, 6) is 0. The normalized spacial score (nSPS) is 10.2. The molecule has 2 aromatic rings. The maximum Gasteiger partial charge on any atom is 0.488 e. The molecular formula is C13H13BO2. The van der Waals surface area contributed by atoms with E-state index in [1.807, 2.05) is 55.5 Å². The molecule has 2 rings (SSSR count). The molecule has 2 nitrogen and oxygen atoms in total. The third kappa shape index (κ3) is 2.16. The first-order valence-corrected chi connectivity index (χ1v) is 5.20. The molecule has 2 N–H and O–H groups in total. The molecule has 80 valence electrons. The van der Waals surface area contributed by atoms with Crippen LogP contribution in [0.5, 0.6) is 0 Å². The van der Waals surface area contributed by atoms with Gasteiger partial charge in [0.15, 0.2) is 0 Å². The minimum atomic E-state index is -1.41. The van der Waals surface area contributed by atoms with E-state index in [0.717, 1.165) is 16.7 Å². The summed E-state index contributed by atoms with van der Waals surface area (Å²) in [6, 6.07) is 15.6. The molecule has 0 spiro atoms. The SMILES string of the molecule is Cc1ccc(-c2ccccc2)cc1B(O)O. The molecule has 0 aromatic heterocycles. The average molecular weight is 212 g/mol. The molecule has 0 aliphatic heterocycles. The third-order valence-electron chi connectivity index (χ3n) is 2.66. The fourth-order valence-electron chi connectivity index (χ4n) is 1.73. The van der Waals surface area contributed by atoms with E-state index in [9.17, 15) is 10.0 Å². The summed E-state index contributed by atoms with van der Waals surface area (Å²) < 4.78 is 0. The molecule has 16 heavy (non-hydrogen) atoms. The van der Waals surface area contributed by atoms with Crippen LogP contribution in [0.4, 0.5) is 0 Å². The maximum absolute atomic E-state index is 9.23. The Morgan fingerprint density at radius 1 is 0.875 bits per heavy atom. The van der Waals surface area contributed by atoms with Crippen LogP contribution in [0.2, 0.25) is 0 Å². The number of aryl methyl sites for hydroxylation is 1. The number of rotatable bonds is 2. The van der Waals surface area contributed by atoms with Gasteiger partial charge in [-0.25, -0.2) is 0 Å². The van der Waals surface area contributed by atoms with Crippen LogP contribution in [0.3, 0.4) is 0 Å². The highest BCUT2D eigenvalue weighted by atomic mass is 16.4. The quantitative estimate of drug-likeness (QED) is 0.737. The Hall–Kier alpha value is -1.58. The topological polar surface area (TPSA) is 40.5 Å². The summed E-state index contributed by atoms with van der Waals surface area (Å²) in [5.41, 5.74) is 3.51.